The number of carbonyl (C=O) groups excluding carboxylic acids is 2. The predicted molar refractivity (Wildman–Crippen MR) is 102 cm³/mol. The third-order valence-corrected chi connectivity index (χ3v) is 6.12. The van der Waals surface area contributed by atoms with Gasteiger partial charge in [0.25, 0.3) is 0 Å². The highest BCUT2D eigenvalue weighted by Crippen LogP contribution is 2.27. The van der Waals surface area contributed by atoms with Crippen LogP contribution in [0.2, 0.25) is 0 Å². The van der Waals surface area contributed by atoms with Gasteiger partial charge < -0.3 is 9.80 Å². The standard InChI is InChI=1S/C20H28N2O2S/c1-25-18-9-7-16(8-10-18)15-19(23)21-11-4-12-22(14-13-21)20(24)17-5-2-3-6-17/h7-10,17H,2-6,11-15H2,1H3. The van der Waals surface area contributed by atoms with Crippen molar-refractivity contribution < 1.29 is 9.59 Å². The molecule has 2 aliphatic rings. The molecule has 0 aromatic heterocycles. The van der Waals surface area contributed by atoms with Crippen LogP contribution in [0.5, 0.6) is 0 Å². The van der Waals surface area contributed by atoms with Crippen LogP contribution in [0.25, 0.3) is 0 Å². The molecule has 1 aromatic carbocycles. The molecule has 1 heterocycles. The van der Waals surface area contributed by atoms with E-state index < -0.39 is 0 Å². The first-order valence-corrected chi connectivity index (χ1v) is 10.6. The van der Waals surface area contributed by atoms with Gasteiger partial charge in [0.15, 0.2) is 0 Å². The normalized spacial score (nSPS) is 19.1. The van der Waals surface area contributed by atoms with Crippen molar-refractivity contribution in [2.75, 3.05) is 32.4 Å². The van der Waals surface area contributed by atoms with E-state index in [2.05, 4.69) is 18.4 Å². The molecule has 25 heavy (non-hydrogen) atoms. The van der Waals surface area contributed by atoms with E-state index in [1.807, 2.05) is 21.9 Å². The molecule has 0 bridgehead atoms. The van der Waals surface area contributed by atoms with Gasteiger partial charge in [-0.15, -0.1) is 11.8 Å². The van der Waals surface area contributed by atoms with Crippen LogP contribution in [0.4, 0.5) is 0 Å². The molecule has 136 valence electrons. The van der Waals surface area contributed by atoms with Crippen LogP contribution in [0, 0.1) is 5.92 Å². The van der Waals surface area contributed by atoms with E-state index in [4.69, 9.17) is 0 Å². The second kappa shape index (κ2) is 8.75. The van der Waals surface area contributed by atoms with Crippen molar-refractivity contribution in [2.45, 2.75) is 43.4 Å². The van der Waals surface area contributed by atoms with Gasteiger partial charge in [0, 0.05) is 37.0 Å². The molecule has 1 saturated heterocycles. The zero-order chi connectivity index (χ0) is 17.6. The van der Waals surface area contributed by atoms with Crippen molar-refractivity contribution in [1.82, 2.24) is 9.80 Å². The summed E-state index contributed by atoms with van der Waals surface area (Å²) < 4.78 is 0. The number of hydrogen-bond donors (Lipinski definition) is 0. The van der Waals surface area contributed by atoms with Crippen LogP contribution in [0.15, 0.2) is 29.2 Å². The lowest BCUT2D eigenvalue weighted by Crippen LogP contribution is -2.39. The molecule has 1 aromatic rings. The van der Waals surface area contributed by atoms with Crippen LogP contribution < -0.4 is 0 Å². The Morgan fingerprint density at radius 1 is 0.960 bits per heavy atom. The summed E-state index contributed by atoms with van der Waals surface area (Å²) in [6.45, 7) is 2.91. The van der Waals surface area contributed by atoms with Crippen LogP contribution in [-0.2, 0) is 16.0 Å². The molecule has 5 heteroatoms. The Morgan fingerprint density at radius 3 is 2.28 bits per heavy atom. The molecule has 1 saturated carbocycles. The van der Waals surface area contributed by atoms with Gasteiger partial charge in [-0.05, 0) is 43.2 Å². The summed E-state index contributed by atoms with van der Waals surface area (Å²) in [5.41, 5.74) is 1.06. The van der Waals surface area contributed by atoms with Crippen molar-refractivity contribution in [3.05, 3.63) is 29.8 Å². The largest absolute Gasteiger partial charge is 0.341 e. The predicted octanol–water partition coefficient (Wildman–Crippen LogP) is 3.20. The minimum absolute atomic E-state index is 0.173. The van der Waals surface area contributed by atoms with Gasteiger partial charge in [0.05, 0.1) is 6.42 Å². The number of rotatable bonds is 4. The lowest BCUT2D eigenvalue weighted by atomic mass is 10.1. The van der Waals surface area contributed by atoms with Gasteiger partial charge in [-0.3, -0.25) is 9.59 Å². The van der Waals surface area contributed by atoms with E-state index in [1.54, 1.807) is 11.8 Å². The number of benzene rings is 1. The molecule has 0 N–H and O–H groups in total. The van der Waals surface area contributed by atoms with Crippen molar-refractivity contribution >= 4 is 23.6 Å². The van der Waals surface area contributed by atoms with Gasteiger partial charge in [0.2, 0.25) is 11.8 Å². The maximum absolute atomic E-state index is 12.6. The first-order chi connectivity index (χ1) is 12.2. The molecule has 2 fully saturated rings. The second-order valence-corrected chi connectivity index (χ2v) is 7.95. The fraction of sp³-hybridized carbons (Fsp3) is 0.600. The Kier molecular flexibility index (Phi) is 6.40. The maximum Gasteiger partial charge on any atom is 0.227 e. The van der Waals surface area contributed by atoms with Crippen LogP contribution in [0.1, 0.15) is 37.7 Å². The number of amides is 2. The fourth-order valence-corrected chi connectivity index (χ4v) is 4.26. The molecule has 3 rings (SSSR count). The minimum atomic E-state index is 0.173. The highest BCUT2D eigenvalue weighted by molar-refractivity contribution is 7.98. The Hall–Kier alpha value is -1.49. The molecule has 0 atom stereocenters. The number of nitrogens with zero attached hydrogens (tertiary/aromatic N) is 2. The molecule has 2 amide bonds. The molecule has 1 aliphatic heterocycles. The highest BCUT2D eigenvalue weighted by Gasteiger charge is 2.29. The van der Waals surface area contributed by atoms with Crippen molar-refractivity contribution in [3.8, 4) is 0 Å². The lowest BCUT2D eigenvalue weighted by molar-refractivity contribution is -0.136. The van der Waals surface area contributed by atoms with Gasteiger partial charge in [-0.1, -0.05) is 25.0 Å². The summed E-state index contributed by atoms with van der Waals surface area (Å²) in [6, 6.07) is 8.21. The van der Waals surface area contributed by atoms with E-state index in [1.165, 1.54) is 17.7 Å². The Morgan fingerprint density at radius 2 is 1.60 bits per heavy atom. The van der Waals surface area contributed by atoms with Gasteiger partial charge in [-0.2, -0.15) is 0 Å². The fourth-order valence-electron chi connectivity index (χ4n) is 3.85. The molecule has 4 nitrogen and oxygen atoms in total. The second-order valence-electron chi connectivity index (χ2n) is 7.07. The summed E-state index contributed by atoms with van der Waals surface area (Å²) in [6.07, 6.45) is 7.85. The average Bonchev–Trinajstić information content (AvgIpc) is 3.06. The zero-order valence-electron chi connectivity index (χ0n) is 15.1. The SMILES string of the molecule is CSc1ccc(CC(=O)N2CCCN(C(=O)C3CCCC3)CC2)cc1. The smallest absolute Gasteiger partial charge is 0.227 e. The summed E-state index contributed by atoms with van der Waals surface area (Å²) in [4.78, 5) is 30.4. The van der Waals surface area contributed by atoms with Gasteiger partial charge >= 0.3 is 0 Å². The summed E-state index contributed by atoms with van der Waals surface area (Å²) >= 11 is 1.71. The Bertz CT molecular complexity index is 596. The molecule has 0 radical (unpaired) electrons. The Labute approximate surface area is 154 Å². The number of hydrogen-bond acceptors (Lipinski definition) is 3. The molecular weight excluding hydrogens is 332 g/mol. The van der Waals surface area contributed by atoms with E-state index in [0.29, 0.717) is 25.4 Å². The molecular formula is C20H28N2O2S. The first kappa shape index (κ1) is 18.3. The average molecular weight is 361 g/mol. The molecule has 0 spiro atoms. The topological polar surface area (TPSA) is 40.6 Å². The number of thioether (sulfide) groups is 1. The van der Waals surface area contributed by atoms with Gasteiger partial charge in [0.1, 0.15) is 0 Å². The van der Waals surface area contributed by atoms with Crippen LogP contribution in [0.3, 0.4) is 0 Å². The molecule has 0 unspecified atom stereocenters. The van der Waals surface area contributed by atoms with Gasteiger partial charge in [-0.25, -0.2) is 0 Å². The van der Waals surface area contributed by atoms with Crippen molar-refractivity contribution in [3.63, 3.8) is 0 Å². The quantitative estimate of drug-likeness (QED) is 0.774. The third-order valence-electron chi connectivity index (χ3n) is 5.38. The molecule has 1 aliphatic carbocycles. The summed E-state index contributed by atoms with van der Waals surface area (Å²) in [5, 5.41) is 0. The lowest BCUT2D eigenvalue weighted by Gasteiger charge is -2.24. The monoisotopic (exact) mass is 360 g/mol. The van der Waals surface area contributed by atoms with E-state index >= 15 is 0 Å². The van der Waals surface area contributed by atoms with E-state index in [0.717, 1.165) is 37.9 Å². The summed E-state index contributed by atoms with van der Waals surface area (Å²) in [7, 11) is 0. The van der Waals surface area contributed by atoms with Crippen LogP contribution in [-0.4, -0.2) is 54.0 Å². The third kappa shape index (κ3) is 4.78. The van der Waals surface area contributed by atoms with Crippen molar-refractivity contribution in [1.29, 1.82) is 0 Å². The van der Waals surface area contributed by atoms with E-state index in [9.17, 15) is 9.59 Å². The highest BCUT2D eigenvalue weighted by atomic mass is 32.2. The summed E-state index contributed by atoms with van der Waals surface area (Å²) in [5.74, 6) is 0.726. The minimum Gasteiger partial charge on any atom is -0.341 e. The zero-order valence-corrected chi connectivity index (χ0v) is 15.9. The van der Waals surface area contributed by atoms with Crippen LogP contribution >= 0.6 is 11.8 Å². The first-order valence-electron chi connectivity index (χ1n) is 9.37. The number of carbonyl (C=O) groups is 2. The Balaban J connectivity index is 1.52. The van der Waals surface area contributed by atoms with E-state index in [-0.39, 0.29) is 11.8 Å². The van der Waals surface area contributed by atoms with Crippen molar-refractivity contribution in [2.24, 2.45) is 5.92 Å². The maximum atomic E-state index is 12.6.